The van der Waals surface area contributed by atoms with Crippen LogP contribution in [0, 0.1) is 6.92 Å². The fourth-order valence-electron chi connectivity index (χ4n) is 1.32. The zero-order valence-corrected chi connectivity index (χ0v) is 5.71. The van der Waals surface area contributed by atoms with Gasteiger partial charge in [-0.3, -0.25) is 4.90 Å². The van der Waals surface area contributed by atoms with E-state index in [4.69, 9.17) is 5.11 Å². The van der Waals surface area contributed by atoms with Crippen molar-refractivity contribution in [2.24, 2.45) is 0 Å². The number of likely N-dealkylation sites (tertiary alicyclic amines) is 1. The summed E-state index contributed by atoms with van der Waals surface area (Å²) in [5.41, 5.74) is 0. The average Bonchev–Trinajstić information content (AvgIpc) is 2.18. The summed E-state index contributed by atoms with van der Waals surface area (Å²) in [6.07, 6.45) is 2.44. The molecule has 1 fully saturated rings. The van der Waals surface area contributed by atoms with Gasteiger partial charge >= 0.3 is 0 Å². The Balaban J connectivity index is 2.22. The van der Waals surface area contributed by atoms with Crippen LogP contribution >= 0.6 is 0 Å². The largest absolute Gasteiger partial charge is 0.395 e. The number of hydrogen-bond donors (Lipinski definition) is 1. The predicted molar refractivity (Wildman–Crippen MR) is 37.0 cm³/mol. The summed E-state index contributed by atoms with van der Waals surface area (Å²) in [5, 5.41) is 8.57. The summed E-state index contributed by atoms with van der Waals surface area (Å²) in [6.45, 7) is 6.14. The van der Waals surface area contributed by atoms with Crippen molar-refractivity contribution in [3.63, 3.8) is 0 Å². The van der Waals surface area contributed by atoms with Crippen LogP contribution in [-0.2, 0) is 0 Å². The molecule has 1 aliphatic rings. The third-order valence-corrected chi connectivity index (χ3v) is 1.89. The lowest BCUT2D eigenvalue weighted by molar-refractivity contribution is 0.201. The molecule has 1 atom stereocenters. The van der Waals surface area contributed by atoms with E-state index >= 15 is 0 Å². The summed E-state index contributed by atoms with van der Waals surface area (Å²) in [7, 11) is 0. The maximum atomic E-state index is 8.57. The van der Waals surface area contributed by atoms with E-state index in [1.807, 2.05) is 0 Å². The molecule has 9 heavy (non-hydrogen) atoms. The van der Waals surface area contributed by atoms with E-state index in [1.165, 1.54) is 12.8 Å². The van der Waals surface area contributed by atoms with E-state index in [1.54, 1.807) is 0 Å². The molecule has 1 saturated heterocycles. The molecule has 0 spiro atoms. The summed E-state index contributed by atoms with van der Waals surface area (Å²) in [4.78, 5) is 2.22. The van der Waals surface area contributed by atoms with Crippen molar-refractivity contribution in [2.75, 3.05) is 19.7 Å². The molecule has 1 unspecified atom stereocenters. The van der Waals surface area contributed by atoms with Crippen LogP contribution in [0.5, 0.6) is 0 Å². The first-order valence-corrected chi connectivity index (χ1v) is 3.52. The van der Waals surface area contributed by atoms with E-state index in [9.17, 15) is 0 Å². The van der Waals surface area contributed by atoms with Gasteiger partial charge < -0.3 is 5.11 Å². The maximum absolute atomic E-state index is 8.57. The first-order chi connectivity index (χ1) is 4.34. The van der Waals surface area contributed by atoms with Gasteiger partial charge in [0.1, 0.15) is 0 Å². The molecular weight excluding hydrogens is 114 g/mol. The number of aliphatic hydroxyl groups excluding tert-OH is 1. The highest BCUT2D eigenvalue weighted by atomic mass is 16.3. The average molecular weight is 128 g/mol. The number of rotatable bonds is 2. The van der Waals surface area contributed by atoms with Gasteiger partial charge in [-0.1, -0.05) is 0 Å². The smallest absolute Gasteiger partial charge is 0.0558 e. The van der Waals surface area contributed by atoms with Crippen molar-refractivity contribution < 1.29 is 5.11 Å². The van der Waals surface area contributed by atoms with Crippen LogP contribution in [0.2, 0.25) is 0 Å². The maximum Gasteiger partial charge on any atom is 0.0558 e. The monoisotopic (exact) mass is 128 g/mol. The second kappa shape index (κ2) is 3.18. The molecule has 0 amide bonds. The number of β-amino-alcohol motifs (C(OH)–C–C–N with tert-alkyl or cyclic N) is 1. The quantitative estimate of drug-likeness (QED) is 0.577. The van der Waals surface area contributed by atoms with Gasteiger partial charge in [0.25, 0.3) is 0 Å². The van der Waals surface area contributed by atoms with Crippen molar-refractivity contribution in [3.8, 4) is 0 Å². The van der Waals surface area contributed by atoms with E-state index in [0.29, 0.717) is 6.04 Å². The Morgan fingerprint density at radius 3 is 2.89 bits per heavy atom. The van der Waals surface area contributed by atoms with Gasteiger partial charge in [0.2, 0.25) is 0 Å². The third kappa shape index (κ3) is 1.66. The van der Waals surface area contributed by atoms with E-state index in [-0.39, 0.29) is 6.61 Å². The lowest BCUT2D eigenvalue weighted by Crippen LogP contribution is -2.29. The fraction of sp³-hybridized carbons (Fsp3) is 0.857. The highest BCUT2D eigenvalue weighted by Crippen LogP contribution is 2.14. The summed E-state index contributed by atoms with van der Waals surface area (Å²) < 4.78 is 0. The van der Waals surface area contributed by atoms with Gasteiger partial charge in [-0.25, -0.2) is 0 Å². The zero-order valence-electron chi connectivity index (χ0n) is 5.71. The van der Waals surface area contributed by atoms with Crippen molar-refractivity contribution in [1.82, 2.24) is 4.90 Å². The van der Waals surface area contributed by atoms with Gasteiger partial charge in [-0.05, 0) is 26.3 Å². The number of hydrogen-bond acceptors (Lipinski definition) is 2. The molecule has 0 bridgehead atoms. The van der Waals surface area contributed by atoms with E-state index in [2.05, 4.69) is 11.8 Å². The Morgan fingerprint density at radius 1 is 1.67 bits per heavy atom. The molecule has 0 aromatic rings. The summed E-state index contributed by atoms with van der Waals surface area (Å²) in [5.74, 6) is 0. The molecule has 2 nitrogen and oxygen atoms in total. The Bertz CT molecular complexity index is 85.0. The van der Waals surface area contributed by atoms with Crippen molar-refractivity contribution in [2.45, 2.75) is 18.9 Å². The number of aliphatic hydroxyl groups is 1. The van der Waals surface area contributed by atoms with Crippen LogP contribution in [-0.4, -0.2) is 35.7 Å². The van der Waals surface area contributed by atoms with Crippen molar-refractivity contribution in [1.29, 1.82) is 0 Å². The molecule has 0 aliphatic carbocycles. The van der Waals surface area contributed by atoms with Crippen molar-refractivity contribution in [3.05, 3.63) is 6.92 Å². The molecule has 1 heterocycles. The third-order valence-electron chi connectivity index (χ3n) is 1.89. The molecule has 1 aliphatic heterocycles. The molecule has 1 radical (unpaired) electrons. The number of nitrogens with zero attached hydrogens (tertiary/aromatic N) is 1. The van der Waals surface area contributed by atoms with Crippen LogP contribution in [0.25, 0.3) is 0 Å². The highest BCUT2D eigenvalue weighted by molar-refractivity contribution is 4.79. The van der Waals surface area contributed by atoms with Gasteiger partial charge in [-0.2, -0.15) is 0 Å². The summed E-state index contributed by atoms with van der Waals surface area (Å²) in [6, 6.07) is 0.456. The SMILES string of the molecule is [CH2]C1CCCN1CCO. The normalized spacial score (nSPS) is 29.3. The second-order valence-electron chi connectivity index (χ2n) is 2.56. The Labute approximate surface area is 56.5 Å². The molecule has 1 N–H and O–H groups in total. The van der Waals surface area contributed by atoms with Crippen molar-refractivity contribution >= 4 is 0 Å². The Kier molecular flexibility index (Phi) is 2.49. The molecular formula is C7H14NO. The van der Waals surface area contributed by atoms with Gasteiger partial charge in [0, 0.05) is 12.6 Å². The molecule has 53 valence electrons. The van der Waals surface area contributed by atoms with Crippen LogP contribution in [0.3, 0.4) is 0 Å². The minimum absolute atomic E-state index is 0.270. The minimum atomic E-state index is 0.270. The first-order valence-electron chi connectivity index (χ1n) is 3.52. The van der Waals surface area contributed by atoms with E-state index < -0.39 is 0 Å². The standard InChI is InChI=1S/C7H14NO/c1-7-3-2-4-8(7)5-6-9/h7,9H,1-6H2. The van der Waals surface area contributed by atoms with Crippen LogP contribution < -0.4 is 0 Å². The molecule has 0 saturated carbocycles. The lowest BCUT2D eigenvalue weighted by Gasteiger charge is -2.18. The molecule has 0 aromatic heterocycles. The first kappa shape index (κ1) is 7.03. The van der Waals surface area contributed by atoms with Crippen LogP contribution in [0.4, 0.5) is 0 Å². The minimum Gasteiger partial charge on any atom is -0.395 e. The lowest BCUT2D eigenvalue weighted by atomic mass is 10.2. The van der Waals surface area contributed by atoms with Crippen LogP contribution in [0.15, 0.2) is 0 Å². The Morgan fingerprint density at radius 2 is 2.44 bits per heavy atom. The second-order valence-corrected chi connectivity index (χ2v) is 2.56. The topological polar surface area (TPSA) is 23.5 Å². The Hall–Kier alpha value is -0.0800. The predicted octanol–water partition coefficient (Wildman–Crippen LogP) is 0.277. The van der Waals surface area contributed by atoms with E-state index in [0.717, 1.165) is 13.1 Å². The van der Waals surface area contributed by atoms with Gasteiger partial charge in [0.05, 0.1) is 6.61 Å². The molecule has 0 aromatic carbocycles. The summed E-state index contributed by atoms with van der Waals surface area (Å²) >= 11 is 0. The van der Waals surface area contributed by atoms with Crippen LogP contribution in [0.1, 0.15) is 12.8 Å². The van der Waals surface area contributed by atoms with Gasteiger partial charge in [-0.15, -0.1) is 0 Å². The zero-order chi connectivity index (χ0) is 6.69. The highest BCUT2D eigenvalue weighted by Gasteiger charge is 2.18. The van der Waals surface area contributed by atoms with Gasteiger partial charge in [0.15, 0.2) is 0 Å². The molecule has 2 heteroatoms. The molecule has 1 rings (SSSR count). The fourth-order valence-corrected chi connectivity index (χ4v) is 1.32.